The lowest BCUT2D eigenvalue weighted by Gasteiger charge is -2.37. The average molecular weight is 478 g/mol. The summed E-state index contributed by atoms with van der Waals surface area (Å²) >= 11 is 3.37. The number of benzene rings is 2. The first kappa shape index (κ1) is 20.8. The quantitative estimate of drug-likeness (QED) is 0.733. The average Bonchev–Trinajstić information content (AvgIpc) is 2.69. The van der Waals surface area contributed by atoms with E-state index >= 15 is 0 Å². The van der Waals surface area contributed by atoms with Crippen LogP contribution in [0.25, 0.3) is 0 Å². The van der Waals surface area contributed by atoms with Gasteiger partial charge in [-0.3, -0.25) is 0 Å². The largest absolute Gasteiger partial charge is 0.369 e. The number of nitrogens with zero attached hydrogens (tertiary/aromatic N) is 2. The fraction of sp³-hybridized carbons (Fsp3) is 0.455. The predicted octanol–water partition coefficient (Wildman–Crippen LogP) is 3.35. The maximum atomic E-state index is 13.0. The Balaban J connectivity index is 1.59. The van der Waals surface area contributed by atoms with Crippen molar-refractivity contribution in [2.45, 2.75) is 37.1 Å². The summed E-state index contributed by atoms with van der Waals surface area (Å²) in [6, 6.07) is 11.3. The number of halogens is 1. The minimum absolute atomic E-state index is 0.0902. The fourth-order valence-electron chi connectivity index (χ4n) is 4.43. The van der Waals surface area contributed by atoms with Crippen molar-refractivity contribution in [3.8, 4) is 0 Å². The van der Waals surface area contributed by atoms with Crippen molar-refractivity contribution in [2.75, 3.05) is 38.1 Å². The fourth-order valence-corrected chi connectivity index (χ4v) is 6.70. The zero-order valence-electron chi connectivity index (χ0n) is 17.0. The number of nitrogens with one attached hydrogen (secondary N) is 1. The number of hydrogen-bond donors (Lipinski definition) is 1. The van der Waals surface area contributed by atoms with E-state index in [1.165, 1.54) is 22.4 Å². The van der Waals surface area contributed by atoms with Gasteiger partial charge in [-0.05, 0) is 84.1 Å². The van der Waals surface area contributed by atoms with Gasteiger partial charge in [0.2, 0.25) is 10.0 Å². The Morgan fingerprint density at radius 1 is 1.03 bits per heavy atom. The first-order valence-electron chi connectivity index (χ1n) is 10.2. The van der Waals surface area contributed by atoms with Gasteiger partial charge < -0.3 is 9.80 Å². The highest BCUT2D eigenvalue weighted by Crippen LogP contribution is 2.34. The van der Waals surface area contributed by atoms with E-state index in [1.807, 2.05) is 6.07 Å². The van der Waals surface area contributed by atoms with Crippen LogP contribution in [0.4, 0.5) is 5.69 Å². The molecule has 0 radical (unpaired) electrons. The first-order valence-corrected chi connectivity index (χ1v) is 12.4. The zero-order valence-corrected chi connectivity index (χ0v) is 19.4. The normalized spacial score (nSPS) is 20.5. The van der Waals surface area contributed by atoms with Gasteiger partial charge in [0.15, 0.2) is 0 Å². The number of aryl methyl sites for hydroxylation is 1. The van der Waals surface area contributed by atoms with E-state index in [0.717, 1.165) is 45.4 Å². The van der Waals surface area contributed by atoms with Crippen LogP contribution in [-0.2, 0) is 22.9 Å². The van der Waals surface area contributed by atoms with E-state index in [9.17, 15) is 8.42 Å². The number of fused-ring (bicyclic) bond motifs is 1. The lowest BCUT2D eigenvalue weighted by molar-refractivity contribution is 0.312. The molecule has 1 heterocycles. The molecule has 0 bridgehead atoms. The predicted molar refractivity (Wildman–Crippen MR) is 121 cm³/mol. The molecule has 0 spiro atoms. The van der Waals surface area contributed by atoms with Crippen LogP contribution in [0.5, 0.6) is 0 Å². The van der Waals surface area contributed by atoms with Crippen LogP contribution in [0.2, 0.25) is 0 Å². The van der Waals surface area contributed by atoms with Gasteiger partial charge in [0.05, 0.1) is 4.90 Å². The van der Waals surface area contributed by atoms with Gasteiger partial charge in [-0.25, -0.2) is 13.1 Å². The molecule has 4 rings (SSSR count). The Bertz CT molecular complexity index is 1000. The molecule has 2 aromatic carbocycles. The highest BCUT2D eigenvalue weighted by Gasteiger charge is 2.29. The Hall–Kier alpha value is -1.41. The summed E-state index contributed by atoms with van der Waals surface area (Å²) in [5.74, 6) is 0. The molecule has 1 saturated heterocycles. The third kappa shape index (κ3) is 4.38. The van der Waals surface area contributed by atoms with Crippen molar-refractivity contribution in [1.82, 2.24) is 9.62 Å². The highest BCUT2D eigenvalue weighted by molar-refractivity contribution is 9.10. The maximum Gasteiger partial charge on any atom is 0.241 e. The third-order valence-corrected chi connectivity index (χ3v) is 8.66. The third-order valence-electron chi connectivity index (χ3n) is 6.13. The van der Waals surface area contributed by atoms with E-state index in [2.05, 4.69) is 56.6 Å². The molecule has 1 aliphatic heterocycles. The summed E-state index contributed by atoms with van der Waals surface area (Å²) in [5, 5.41) is 0. The van der Waals surface area contributed by atoms with Gasteiger partial charge >= 0.3 is 0 Å². The van der Waals surface area contributed by atoms with Crippen LogP contribution in [-0.4, -0.2) is 52.6 Å². The number of likely N-dealkylation sites (N-methyl/N-ethyl adjacent to an activating group) is 1. The summed E-state index contributed by atoms with van der Waals surface area (Å²) in [6.45, 7) is 6.30. The van der Waals surface area contributed by atoms with Gasteiger partial charge in [0.1, 0.15) is 0 Å². The molecule has 7 heteroatoms. The second-order valence-corrected chi connectivity index (χ2v) is 10.7. The molecular weight excluding hydrogens is 450 g/mol. The van der Waals surface area contributed by atoms with Gasteiger partial charge in [-0.2, -0.15) is 0 Å². The molecule has 0 saturated carbocycles. The van der Waals surface area contributed by atoms with E-state index in [0.29, 0.717) is 9.37 Å². The molecule has 0 unspecified atom stereocenters. The van der Waals surface area contributed by atoms with Crippen molar-refractivity contribution in [2.24, 2.45) is 0 Å². The van der Waals surface area contributed by atoms with Crippen LogP contribution in [0.3, 0.4) is 0 Å². The van der Waals surface area contributed by atoms with Crippen LogP contribution < -0.4 is 9.62 Å². The molecule has 1 fully saturated rings. The Labute approximate surface area is 182 Å². The Morgan fingerprint density at radius 3 is 2.48 bits per heavy atom. The lowest BCUT2D eigenvalue weighted by atomic mass is 9.84. The molecule has 0 amide bonds. The molecule has 1 atom stereocenters. The van der Waals surface area contributed by atoms with E-state index in [-0.39, 0.29) is 6.04 Å². The Morgan fingerprint density at radius 2 is 1.76 bits per heavy atom. The summed E-state index contributed by atoms with van der Waals surface area (Å²) in [4.78, 5) is 5.11. The topological polar surface area (TPSA) is 52.6 Å². The van der Waals surface area contributed by atoms with Crippen LogP contribution in [0, 0.1) is 6.92 Å². The molecule has 29 heavy (non-hydrogen) atoms. The van der Waals surface area contributed by atoms with Crippen molar-refractivity contribution >= 4 is 31.6 Å². The number of anilines is 1. The summed E-state index contributed by atoms with van der Waals surface area (Å²) < 4.78 is 29.5. The number of sulfonamides is 1. The molecule has 1 N–H and O–H groups in total. The van der Waals surface area contributed by atoms with Crippen molar-refractivity contribution in [3.63, 3.8) is 0 Å². The molecule has 2 aromatic rings. The maximum absolute atomic E-state index is 13.0. The number of piperazine rings is 1. The minimum atomic E-state index is -3.57. The van der Waals surface area contributed by atoms with Crippen LogP contribution >= 0.6 is 15.9 Å². The highest BCUT2D eigenvalue weighted by atomic mass is 79.9. The zero-order chi connectivity index (χ0) is 20.6. The molecule has 2 aliphatic rings. The van der Waals surface area contributed by atoms with E-state index in [4.69, 9.17) is 0 Å². The Kier molecular flexibility index (Phi) is 6.02. The molecule has 0 aromatic heterocycles. The summed E-state index contributed by atoms with van der Waals surface area (Å²) in [7, 11) is -1.40. The van der Waals surface area contributed by atoms with Gasteiger partial charge in [0, 0.05) is 42.4 Å². The van der Waals surface area contributed by atoms with Gasteiger partial charge in [-0.1, -0.05) is 18.2 Å². The summed E-state index contributed by atoms with van der Waals surface area (Å²) in [6.07, 6.45) is 2.47. The van der Waals surface area contributed by atoms with Crippen LogP contribution in [0.15, 0.2) is 45.8 Å². The van der Waals surface area contributed by atoms with Crippen molar-refractivity contribution in [1.29, 1.82) is 0 Å². The second kappa shape index (κ2) is 8.38. The second-order valence-electron chi connectivity index (χ2n) is 8.14. The minimum Gasteiger partial charge on any atom is -0.369 e. The van der Waals surface area contributed by atoms with E-state index < -0.39 is 10.0 Å². The van der Waals surface area contributed by atoms with Crippen LogP contribution in [0.1, 0.15) is 23.1 Å². The van der Waals surface area contributed by atoms with Gasteiger partial charge in [0.25, 0.3) is 0 Å². The first-order chi connectivity index (χ1) is 13.8. The molecular formula is C22H28BrN3O2S. The summed E-state index contributed by atoms with van der Waals surface area (Å²) in [5.41, 5.74) is 5.31. The lowest BCUT2D eigenvalue weighted by Crippen LogP contribution is -2.45. The van der Waals surface area contributed by atoms with E-state index in [1.54, 1.807) is 18.2 Å². The SMILES string of the molecule is Cc1ccc(N2CCN(C)CC2)c2c1CC[C@@H](NS(=O)(=O)c1ccccc1Br)C2. The molecule has 156 valence electrons. The monoisotopic (exact) mass is 477 g/mol. The number of hydrogen-bond acceptors (Lipinski definition) is 4. The standard InChI is InChI=1S/C22H28BrN3O2S/c1-16-7-10-21(26-13-11-25(2)12-14-26)19-15-17(8-9-18(16)19)24-29(27,28)22-6-4-3-5-20(22)23/h3-7,10,17,24H,8-9,11-15H2,1-2H3/t17-/m1/s1. The smallest absolute Gasteiger partial charge is 0.241 e. The van der Waals surface area contributed by atoms with Crippen molar-refractivity contribution in [3.05, 3.63) is 57.6 Å². The molecule has 5 nitrogen and oxygen atoms in total. The van der Waals surface area contributed by atoms with Crippen molar-refractivity contribution < 1.29 is 8.42 Å². The van der Waals surface area contributed by atoms with Gasteiger partial charge in [-0.15, -0.1) is 0 Å². The number of rotatable bonds is 4. The molecule has 1 aliphatic carbocycles.